The van der Waals surface area contributed by atoms with E-state index in [1.54, 1.807) is 0 Å². The third kappa shape index (κ3) is 2.77. The van der Waals surface area contributed by atoms with Crippen LogP contribution in [0.1, 0.15) is 20.8 Å². The van der Waals surface area contributed by atoms with Crippen molar-refractivity contribution in [1.82, 2.24) is 4.90 Å². The largest absolute Gasteiger partial charge is 0.293 e. The summed E-state index contributed by atoms with van der Waals surface area (Å²) < 4.78 is 0. The molecule has 0 unspecified atom stereocenters. The Hall–Kier alpha value is 1.04. The van der Waals surface area contributed by atoms with Crippen molar-refractivity contribution < 1.29 is 0 Å². The SMILES string of the molecule is CC(C)(C)C1CN(CSI)C1. The summed E-state index contributed by atoms with van der Waals surface area (Å²) in [6, 6.07) is 0. The fourth-order valence-electron chi connectivity index (χ4n) is 1.29. The zero-order valence-electron chi connectivity index (χ0n) is 7.43. The molecule has 1 aliphatic heterocycles. The maximum absolute atomic E-state index is 2.51. The second-order valence-corrected chi connectivity index (χ2v) is 6.68. The molecule has 0 aliphatic carbocycles. The van der Waals surface area contributed by atoms with E-state index >= 15 is 0 Å². The van der Waals surface area contributed by atoms with Crippen LogP contribution in [0.4, 0.5) is 0 Å². The van der Waals surface area contributed by atoms with Crippen molar-refractivity contribution in [2.45, 2.75) is 20.8 Å². The third-order valence-electron chi connectivity index (χ3n) is 2.41. The Bertz CT molecular complexity index is 127. The Morgan fingerprint density at radius 3 is 2.36 bits per heavy atom. The zero-order valence-corrected chi connectivity index (χ0v) is 10.4. The maximum atomic E-state index is 2.51. The van der Waals surface area contributed by atoms with Crippen molar-refractivity contribution in [2.75, 3.05) is 19.0 Å². The first-order valence-electron chi connectivity index (χ1n) is 4.00. The molecule has 0 atom stereocenters. The Kier molecular flexibility index (Phi) is 3.53. The summed E-state index contributed by atoms with van der Waals surface area (Å²) in [5.74, 6) is 2.12. The van der Waals surface area contributed by atoms with E-state index < -0.39 is 0 Å². The molecule has 1 fully saturated rings. The van der Waals surface area contributed by atoms with Gasteiger partial charge in [0.15, 0.2) is 0 Å². The predicted octanol–water partition coefficient (Wildman–Crippen LogP) is 3.01. The van der Waals surface area contributed by atoms with Crippen LogP contribution >= 0.6 is 30.1 Å². The van der Waals surface area contributed by atoms with Gasteiger partial charge in [0.05, 0.1) is 5.88 Å². The minimum absolute atomic E-state index is 0.520. The van der Waals surface area contributed by atoms with E-state index in [4.69, 9.17) is 0 Å². The van der Waals surface area contributed by atoms with Crippen LogP contribution in [-0.2, 0) is 0 Å². The molecule has 0 aromatic carbocycles. The summed E-state index contributed by atoms with van der Waals surface area (Å²) >= 11 is 2.36. The van der Waals surface area contributed by atoms with Gasteiger partial charge >= 0.3 is 0 Å². The average molecular weight is 285 g/mol. The lowest BCUT2D eigenvalue weighted by atomic mass is 9.76. The van der Waals surface area contributed by atoms with Crippen molar-refractivity contribution >= 4 is 30.1 Å². The molecule has 0 radical (unpaired) electrons. The van der Waals surface area contributed by atoms with E-state index in [1.807, 2.05) is 8.93 Å². The van der Waals surface area contributed by atoms with Gasteiger partial charge in [-0.15, -0.1) is 0 Å². The number of hydrogen-bond acceptors (Lipinski definition) is 2. The Labute approximate surface area is 85.9 Å². The molecule has 0 aromatic heterocycles. The lowest BCUT2D eigenvalue weighted by Gasteiger charge is -2.45. The molecule has 0 aromatic rings. The van der Waals surface area contributed by atoms with Gasteiger partial charge in [-0.05, 0) is 32.5 Å². The average Bonchev–Trinajstić information content (AvgIpc) is 1.74. The minimum atomic E-state index is 0.520. The van der Waals surface area contributed by atoms with Crippen LogP contribution in [0.5, 0.6) is 0 Å². The van der Waals surface area contributed by atoms with Crippen LogP contribution in [0.3, 0.4) is 0 Å². The highest BCUT2D eigenvalue weighted by atomic mass is 127. The smallest absolute Gasteiger partial charge is 0.0545 e. The van der Waals surface area contributed by atoms with E-state index in [0.717, 1.165) is 5.92 Å². The molecule has 11 heavy (non-hydrogen) atoms. The van der Waals surface area contributed by atoms with Gasteiger partial charge in [0.25, 0.3) is 0 Å². The van der Waals surface area contributed by atoms with Gasteiger partial charge in [-0.3, -0.25) is 4.90 Å². The maximum Gasteiger partial charge on any atom is 0.0545 e. The van der Waals surface area contributed by atoms with Crippen LogP contribution in [-0.4, -0.2) is 23.9 Å². The summed E-state index contributed by atoms with van der Waals surface area (Å²) in [6.07, 6.45) is 0. The van der Waals surface area contributed by atoms with Crippen LogP contribution in [0, 0.1) is 11.3 Å². The van der Waals surface area contributed by atoms with E-state index in [9.17, 15) is 0 Å². The molecular weight excluding hydrogens is 269 g/mol. The molecule has 1 nitrogen and oxygen atoms in total. The van der Waals surface area contributed by atoms with Crippen LogP contribution in [0.25, 0.3) is 0 Å². The first kappa shape index (κ1) is 10.1. The number of rotatable bonds is 2. The van der Waals surface area contributed by atoms with Crippen molar-refractivity contribution in [1.29, 1.82) is 0 Å². The molecule has 3 heteroatoms. The highest BCUT2D eigenvalue weighted by molar-refractivity contribution is 14.2. The van der Waals surface area contributed by atoms with E-state index in [2.05, 4.69) is 46.9 Å². The topological polar surface area (TPSA) is 3.24 Å². The quantitative estimate of drug-likeness (QED) is 0.718. The van der Waals surface area contributed by atoms with E-state index in [0.29, 0.717) is 5.41 Å². The van der Waals surface area contributed by atoms with Crippen molar-refractivity contribution in [2.24, 2.45) is 11.3 Å². The van der Waals surface area contributed by atoms with E-state index in [-0.39, 0.29) is 0 Å². The van der Waals surface area contributed by atoms with Crippen LogP contribution < -0.4 is 0 Å². The molecule has 0 N–H and O–H groups in total. The molecule has 0 bridgehead atoms. The molecular formula is C8H16INS. The van der Waals surface area contributed by atoms with Gasteiger partial charge in [-0.1, -0.05) is 29.7 Å². The standard InChI is InChI=1S/C8H16INS/c1-8(2,3)7-4-10(5-7)6-11-9/h7H,4-6H2,1-3H3. The summed E-state index contributed by atoms with van der Waals surface area (Å²) in [7, 11) is 1.89. The predicted molar refractivity (Wildman–Crippen MR) is 61.0 cm³/mol. The Balaban J connectivity index is 2.19. The fraction of sp³-hybridized carbons (Fsp3) is 1.00. The van der Waals surface area contributed by atoms with Crippen LogP contribution in [0.2, 0.25) is 0 Å². The summed E-state index contributed by atoms with van der Waals surface area (Å²) in [5.41, 5.74) is 0.520. The molecule has 1 heterocycles. The first-order valence-corrected chi connectivity index (χ1v) is 7.53. The van der Waals surface area contributed by atoms with Crippen molar-refractivity contribution in [3.05, 3.63) is 0 Å². The Morgan fingerprint density at radius 2 is 2.00 bits per heavy atom. The van der Waals surface area contributed by atoms with Gasteiger partial charge in [0.2, 0.25) is 0 Å². The molecule has 0 saturated carbocycles. The second-order valence-electron chi connectivity index (χ2n) is 4.34. The van der Waals surface area contributed by atoms with Gasteiger partial charge in [0.1, 0.15) is 0 Å². The lowest BCUT2D eigenvalue weighted by molar-refractivity contribution is 0.0411. The highest BCUT2D eigenvalue weighted by Gasteiger charge is 2.34. The number of likely N-dealkylation sites (tertiary alicyclic amines) is 1. The first-order chi connectivity index (χ1) is 5.04. The van der Waals surface area contributed by atoms with Crippen molar-refractivity contribution in [3.8, 4) is 0 Å². The lowest BCUT2D eigenvalue weighted by Crippen LogP contribution is -2.51. The van der Waals surface area contributed by atoms with E-state index in [1.165, 1.54) is 19.0 Å². The van der Waals surface area contributed by atoms with Gasteiger partial charge < -0.3 is 0 Å². The van der Waals surface area contributed by atoms with Gasteiger partial charge in [-0.25, -0.2) is 0 Å². The molecule has 1 saturated heterocycles. The molecule has 66 valence electrons. The molecule has 0 amide bonds. The summed E-state index contributed by atoms with van der Waals surface area (Å²) in [4.78, 5) is 2.51. The van der Waals surface area contributed by atoms with Crippen molar-refractivity contribution in [3.63, 3.8) is 0 Å². The molecule has 0 spiro atoms. The molecule has 1 rings (SSSR count). The van der Waals surface area contributed by atoms with Gasteiger partial charge in [-0.2, -0.15) is 0 Å². The number of halogens is 1. The number of hydrogen-bond donors (Lipinski definition) is 0. The third-order valence-corrected chi connectivity index (χ3v) is 3.71. The monoisotopic (exact) mass is 285 g/mol. The second kappa shape index (κ2) is 3.83. The number of nitrogens with zero attached hydrogens (tertiary/aromatic N) is 1. The van der Waals surface area contributed by atoms with Gasteiger partial charge in [0, 0.05) is 13.1 Å². The zero-order chi connectivity index (χ0) is 8.48. The minimum Gasteiger partial charge on any atom is -0.293 e. The Morgan fingerprint density at radius 1 is 1.45 bits per heavy atom. The molecule has 1 aliphatic rings. The fourth-order valence-corrected chi connectivity index (χ4v) is 2.82. The van der Waals surface area contributed by atoms with Crippen LogP contribution in [0.15, 0.2) is 0 Å². The summed E-state index contributed by atoms with van der Waals surface area (Å²) in [6.45, 7) is 9.63. The highest BCUT2D eigenvalue weighted by Crippen LogP contribution is 2.34. The summed E-state index contributed by atoms with van der Waals surface area (Å²) in [5, 5.41) is 0. The normalized spacial score (nSPS) is 21.8.